The van der Waals surface area contributed by atoms with Gasteiger partial charge in [0.25, 0.3) is 5.91 Å². The minimum absolute atomic E-state index is 0.0383. The van der Waals surface area contributed by atoms with Gasteiger partial charge in [0, 0.05) is 36.7 Å². The molecule has 8 nitrogen and oxygen atoms in total. The van der Waals surface area contributed by atoms with Gasteiger partial charge < -0.3 is 25.0 Å². The Kier molecular flexibility index (Phi) is 7.40. The summed E-state index contributed by atoms with van der Waals surface area (Å²) < 4.78 is 25.2. The Morgan fingerprint density at radius 1 is 1.09 bits per heavy atom. The molecule has 0 fully saturated rings. The molecule has 0 unspecified atom stereocenters. The maximum Gasteiger partial charge on any atom is 0.258 e. The molecule has 0 saturated heterocycles. The summed E-state index contributed by atoms with van der Waals surface area (Å²) in [4.78, 5) is 31.4. The Balaban J connectivity index is 1.39. The smallest absolute Gasteiger partial charge is 0.258 e. The highest BCUT2D eigenvalue weighted by molar-refractivity contribution is 8.00. The summed E-state index contributed by atoms with van der Waals surface area (Å²) in [5.41, 5.74) is 1.64. The number of carbonyl (C=O) groups is 2. The van der Waals surface area contributed by atoms with E-state index in [2.05, 4.69) is 15.6 Å². The molecule has 0 radical (unpaired) electrons. The van der Waals surface area contributed by atoms with Gasteiger partial charge in [0.15, 0.2) is 11.5 Å². The van der Waals surface area contributed by atoms with E-state index in [1.165, 1.54) is 6.07 Å². The number of anilines is 3. The predicted octanol–water partition coefficient (Wildman–Crippen LogP) is 4.78. The lowest BCUT2D eigenvalue weighted by atomic mass is 10.2. The molecule has 0 atom stereocenters. The molecule has 1 aliphatic rings. The van der Waals surface area contributed by atoms with Crippen LogP contribution >= 0.6 is 11.8 Å². The van der Waals surface area contributed by atoms with E-state index in [1.54, 1.807) is 48.7 Å². The third-order valence-corrected chi connectivity index (χ3v) is 6.38. The van der Waals surface area contributed by atoms with Crippen molar-refractivity contribution in [1.82, 2.24) is 4.98 Å². The van der Waals surface area contributed by atoms with Gasteiger partial charge in [-0.25, -0.2) is 9.37 Å². The average molecular weight is 497 g/mol. The third kappa shape index (κ3) is 5.83. The number of aromatic nitrogens is 1. The molecule has 4 rings (SSSR count). The summed E-state index contributed by atoms with van der Waals surface area (Å²) in [5, 5.41) is 5.89. The first-order valence-electron chi connectivity index (χ1n) is 10.9. The van der Waals surface area contributed by atoms with E-state index < -0.39 is 11.7 Å². The maximum absolute atomic E-state index is 14.6. The molecule has 0 spiro atoms. The van der Waals surface area contributed by atoms with Crippen molar-refractivity contribution >= 4 is 40.6 Å². The Labute approximate surface area is 206 Å². The van der Waals surface area contributed by atoms with Gasteiger partial charge in [0.2, 0.25) is 12.7 Å². The molecule has 2 amide bonds. The first-order valence-corrected chi connectivity index (χ1v) is 11.9. The van der Waals surface area contributed by atoms with E-state index in [9.17, 15) is 14.0 Å². The average Bonchev–Trinajstić information content (AvgIpc) is 3.30. The van der Waals surface area contributed by atoms with Crippen molar-refractivity contribution in [1.29, 1.82) is 0 Å². The molecule has 2 N–H and O–H groups in total. The summed E-state index contributed by atoms with van der Waals surface area (Å²) in [6.45, 7) is 4.08. The second kappa shape index (κ2) is 10.6. The van der Waals surface area contributed by atoms with Crippen LogP contribution in [0.4, 0.5) is 21.5 Å². The number of benzene rings is 2. The van der Waals surface area contributed by atoms with Crippen molar-refractivity contribution in [3.8, 4) is 11.5 Å². The topological polar surface area (TPSA) is 92.8 Å². The molecule has 1 aliphatic heterocycles. The third-order valence-electron chi connectivity index (χ3n) is 5.37. The Hall–Kier alpha value is -3.79. The highest BCUT2D eigenvalue weighted by atomic mass is 32.2. The molecule has 35 heavy (non-hydrogen) atoms. The quantitative estimate of drug-likeness (QED) is 0.434. The summed E-state index contributed by atoms with van der Waals surface area (Å²) in [5.74, 6) is 0.0951. The van der Waals surface area contributed by atoms with Crippen molar-refractivity contribution in [3.05, 3.63) is 66.1 Å². The number of carbonyl (C=O) groups excluding carboxylic acids is 2. The minimum atomic E-state index is -0.443. The maximum atomic E-state index is 14.6. The molecule has 0 bridgehead atoms. The second-order valence-corrected chi connectivity index (χ2v) is 9.05. The standard InChI is InChI=1S/C25H25FN4O4S/c1-15(2)30(3)20-8-6-16(11-19(20)26)29-24(32)18-5-4-10-27-25(18)35-13-23(31)28-17-7-9-21-22(12-17)34-14-33-21/h4-12,15H,13-14H2,1-3H3,(H,28,31)(H,29,32). The highest BCUT2D eigenvalue weighted by Gasteiger charge is 2.18. The van der Waals surface area contributed by atoms with Crippen LogP contribution in [0.1, 0.15) is 24.2 Å². The van der Waals surface area contributed by atoms with Crippen LogP contribution in [-0.2, 0) is 4.79 Å². The molecule has 2 heterocycles. The predicted molar refractivity (Wildman–Crippen MR) is 134 cm³/mol. The monoisotopic (exact) mass is 496 g/mol. The SMILES string of the molecule is CC(C)N(C)c1ccc(NC(=O)c2cccnc2SCC(=O)Nc2ccc3c(c2)OCO3)cc1F. The van der Waals surface area contributed by atoms with E-state index in [4.69, 9.17) is 9.47 Å². The lowest BCUT2D eigenvalue weighted by Gasteiger charge is -2.24. The van der Waals surface area contributed by atoms with Crippen LogP contribution in [0.15, 0.2) is 59.8 Å². The zero-order valence-electron chi connectivity index (χ0n) is 19.5. The van der Waals surface area contributed by atoms with E-state index in [0.717, 1.165) is 11.8 Å². The highest BCUT2D eigenvalue weighted by Crippen LogP contribution is 2.34. The number of pyridine rings is 1. The molecular formula is C25H25FN4O4S. The van der Waals surface area contributed by atoms with Crippen molar-refractivity contribution in [2.45, 2.75) is 24.9 Å². The largest absolute Gasteiger partial charge is 0.454 e. The molecule has 2 aromatic carbocycles. The molecule has 3 aromatic rings. The van der Waals surface area contributed by atoms with Gasteiger partial charge in [-0.15, -0.1) is 0 Å². The number of halogens is 1. The number of fused-ring (bicyclic) bond motifs is 1. The molecular weight excluding hydrogens is 471 g/mol. The van der Waals surface area contributed by atoms with Crippen LogP contribution in [-0.4, -0.2) is 42.4 Å². The molecule has 1 aromatic heterocycles. The van der Waals surface area contributed by atoms with Crippen LogP contribution in [0.25, 0.3) is 0 Å². The normalized spacial score (nSPS) is 11.9. The van der Waals surface area contributed by atoms with Crippen LogP contribution in [0, 0.1) is 5.82 Å². The lowest BCUT2D eigenvalue weighted by molar-refractivity contribution is -0.113. The van der Waals surface area contributed by atoms with Crippen LogP contribution < -0.4 is 25.0 Å². The van der Waals surface area contributed by atoms with E-state index in [-0.39, 0.29) is 30.1 Å². The van der Waals surface area contributed by atoms with Crippen LogP contribution in [0.5, 0.6) is 11.5 Å². The number of ether oxygens (including phenoxy) is 2. The molecule has 0 aliphatic carbocycles. The van der Waals surface area contributed by atoms with Gasteiger partial charge in [-0.3, -0.25) is 9.59 Å². The van der Waals surface area contributed by atoms with E-state index in [0.29, 0.717) is 33.6 Å². The van der Waals surface area contributed by atoms with Gasteiger partial charge in [-0.1, -0.05) is 11.8 Å². The summed E-state index contributed by atoms with van der Waals surface area (Å²) in [6.07, 6.45) is 1.55. The number of amides is 2. The van der Waals surface area contributed by atoms with Crippen molar-refractivity contribution in [2.75, 3.05) is 35.1 Å². The fraction of sp³-hybridized carbons (Fsp3) is 0.240. The lowest BCUT2D eigenvalue weighted by Crippen LogP contribution is -2.26. The fourth-order valence-electron chi connectivity index (χ4n) is 3.33. The zero-order valence-corrected chi connectivity index (χ0v) is 20.3. The second-order valence-electron chi connectivity index (χ2n) is 8.09. The number of nitrogens with one attached hydrogen (secondary N) is 2. The molecule has 182 valence electrons. The van der Waals surface area contributed by atoms with Gasteiger partial charge in [0.1, 0.15) is 10.8 Å². The summed E-state index contributed by atoms with van der Waals surface area (Å²) in [6, 6.07) is 13.1. The zero-order chi connectivity index (χ0) is 24.9. The number of hydrogen-bond acceptors (Lipinski definition) is 7. The van der Waals surface area contributed by atoms with Crippen LogP contribution in [0.3, 0.4) is 0 Å². The van der Waals surface area contributed by atoms with Gasteiger partial charge in [-0.05, 0) is 56.3 Å². The van der Waals surface area contributed by atoms with Gasteiger partial charge >= 0.3 is 0 Å². The Morgan fingerprint density at radius 3 is 2.60 bits per heavy atom. The van der Waals surface area contributed by atoms with Crippen LogP contribution in [0.2, 0.25) is 0 Å². The van der Waals surface area contributed by atoms with Gasteiger partial charge in [-0.2, -0.15) is 0 Å². The number of thioether (sulfide) groups is 1. The summed E-state index contributed by atoms with van der Waals surface area (Å²) in [7, 11) is 1.81. The minimum Gasteiger partial charge on any atom is -0.454 e. The Bertz CT molecular complexity index is 1250. The van der Waals surface area contributed by atoms with E-state index in [1.807, 2.05) is 25.8 Å². The first-order chi connectivity index (χ1) is 16.8. The van der Waals surface area contributed by atoms with Crippen molar-refractivity contribution < 1.29 is 23.5 Å². The molecule has 0 saturated carbocycles. The number of rotatable bonds is 8. The number of hydrogen-bond donors (Lipinski definition) is 2. The number of nitrogens with zero attached hydrogens (tertiary/aromatic N) is 2. The van der Waals surface area contributed by atoms with Gasteiger partial charge in [0.05, 0.1) is 17.0 Å². The van der Waals surface area contributed by atoms with Crippen molar-refractivity contribution in [2.24, 2.45) is 0 Å². The van der Waals surface area contributed by atoms with E-state index >= 15 is 0 Å². The first kappa shape index (κ1) is 24.3. The Morgan fingerprint density at radius 2 is 1.83 bits per heavy atom. The molecule has 10 heteroatoms. The summed E-state index contributed by atoms with van der Waals surface area (Å²) >= 11 is 1.13. The fourth-order valence-corrected chi connectivity index (χ4v) is 4.12. The van der Waals surface area contributed by atoms with Crippen molar-refractivity contribution in [3.63, 3.8) is 0 Å².